The van der Waals surface area contributed by atoms with Crippen molar-refractivity contribution in [2.45, 2.75) is 116 Å². The standard InChI is InChI=1S/C45H57N7O7S/c1-9-51-33-16-15-27-19-29(33)30(39(51)28-13-11-17-46-36(28)25(4)56-8)20-45(6,7)22-59-44(55)31-14-12-18-52(50-31)43(54)38(40(58-10-2)42-49-37(27)26(5)60-42)48-41(53)35-24(3)34(35)32-21-57-23-47-32/h11,13,15-17,19,21,23-26,31,34-35,37-38,40,50H,9-10,12,14,18,20,22H2,1-8H3,(H,48,53)/t24-,25+,26?,31+,34-,35+,37?,38+,40+/m1/s1. The summed E-state index contributed by atoms with van der Waals surface area (Å²) in [5.41, 5.74) is 9.58. The summed E-state index contributed by atoms with van der Waals surface area (Å²) in [6.07, 6.45) is 5.29. The first kappa shape index (κ1) is 42.1. The number of hydrogen-bond acceptors (Lipinski definition) is 12. The molecule has 4 aromatic rings. The highest BCUT2D eigenvalue weighted by Crippen LogP contribution is 2.53. The number of hydrogen-bond donors (Lipinski definition) is 2. The average molecular weight is 840 g/mol. The van der Waals surface area contributed by atoms with Crippen molar-refractivity contribution < 1.29 is 33.0 Å². The van der Waals surface area contributed by atoms with E-state index in [0.29, 0.717) is 43.1 Å². The Kier molecular flexibility index (Phi) is 12.0. The zero-order valence-electron chi connectivity index (χ0n) is 35.8. The molecule has 6 bridgehead atoms. The zero-order chi connectivity index (χ0) is 42.5. The van der Waals surface area contributed by atoms with Crippen LogP contribution in [0, 0.1) is 17.3 Å². The van der Waals surface area contributed by atoms with E-state index >= 15 is 0 Å². The molecule has 3 aromatic heterocycles. The number of ether oxygens (including phenoxy) is 3. The number of methoxy groups -OCH3 is 1. The van der Waals surface area contributed by atoms with Crippen LogP contribution in [0.15, 0.2) is 58.6 Å². The number of aryl methyl sites for hydroxylation is 1. The number of nitrogens with one attached hydrogen (secondary N) is 2. The SMILES string of the molecule is CCO[C@@H]1C2=NC(c3ccc4c(c3)c(c(-c3cccnc3[C@H](C)OC)n4CC)CC(C)(C)COC(=O)[C@@H]3CCCN(N3)C(=O)[C@H]1NC(=O)[C@H]1[C@H](C)[C@@H]1c1cocn1)C(C)S2. The van der Waals surface area contributed by atoms with Crippen molar-refractivity contribution >= 4 is 45.5 Å². The van der Waals surface area contributed by atoms with Gasteiger partial charge in [0.1, 0.15) is 29.5 Å². The van der Waals surface area contributed by atoms with E-state index in [0.717, 1.165) is 39.0 Å². The predicted octanol–water partition coefficient (Wildman–Crippen LogP) is 6.55. The maximum absolute atomic E-state index is 14.8. The molecule has 2 unspecified atom stereocenters. The molecule has 4 aliphatic rings. The summed E-state index contributed by atoms with van der Waals surface area (Å²) in [7, 11) is 1.70. The van der Waals surface area contributed by atoms with Gasteiger partial charge in [-0.25, -0.2) is 10.4 Å². The average Bonchev–Trinajstić information content (AvgIpc) is 3.60. The lowest BCUT2D eigenvalue weighted by Crippen LogP contribution is -2.63. The van der Waals surface area contributed by atoms with Crippen LogP contribution in [0.1, 0.15) is 102 Å². The molecule has 2 N–H and O–H groups in total. The Hall–Kier alpha value is -4.57. The Labute approximate surface area is 355 Å². The topological polar surface area (TPSA) is 162 Å². The van der Waals surface area contributed by atoms with E-state index in [1.165, 1.54) is 11.4 Å². The molecule has 1 saturated carbocycles. The minimum Gasteiger partial charge on any atom is -0.464 e. The number of carbonyl (C=O) groups excluding carboxylic acids is 3. The summed E-state index contributed by atoms with van der Waals surface area (Å²) in [6, 6.07) is 8.54. The van der Waals surface area contributed by atoms with Gasteiger partial charge in [0.2, 0.25) is 5.91 Å². The molecule has 3 aliphatic heterocycles. The molecule has 320 valence electrons. The van der Waals surface area contributed by atoms with Crippen LogP contribution < -0.4 is 10.7 Å². The van der Waals surface area contributed by atoms with Crippen LogP contribution in [0.2, 0.25) is 0 Å². The van der Waals surface area contributed by atoms with Crippen molar-refractivity contribution in [3.8, 4) is 11.3 Å². The number of aliphatic imine (C=N–C) groups is 1. The number of benzene rings is 1. The first-order valence-corrected chi connectivity index (χ1v) is 22.1. The summed E-state index contributed by atoms with van der Waals surface area (Å²) >= 11 is 1.57. The molecule has 2 amide bonds. The first-order chi connectivity index (χ1) is 28.8. The van der Waals surface area contributed by atoms with Gasteiger partial charge in [-0.2, -0.15) is 0 Å². The summed E-state index contributed by atoms with van der Waals surface area (Å²) in [5.74, 6) is -1.62. The van der Waals surface area contributed by atoms with Gasteiger partial charge in [-0.1, -0.05) is 33.8 Å². The van der Waals surface area contributed by atoms with Gasteiger partial charge in [0.25, 0.3) is 5.91 Å². The highest BCUT2D eigenvalue weighted by molar-refractivity contribution is 8.14. The summed E-state index contributed by atoms with van der Waals surface area (Å²) in [6.45, 7) is 15.9. The molecule has 1 aliphatic carbocycles. The maximum atomic E-state index is 14.8. The minimum absolute atomic E-state index is 0.00226. The number of rotatable bonds is 9. The molecule has 1 saturated heterocycles. The molecule has 2 fully saturated rings. The van der Waals surface area contributed by atoms with Crippen molar-refractivity contribution in [1.82, 2.24) is 30.3 Å². The zero-order valence-corrected chi connectivity index (χ0v) is 36.6. The van der Waals surface area contributed by atoms with Gasteiger partial charge in [-0.05, 0) is 81.3 Å². The Morgan fingerprint density at radius 2 is 1.98 bits per heavy atom. The number of hydrazine groups is 1. The van der Waals surface area contributed by atoms with Crippen LogP contribution in [-0.2, 0) is 41.6 Å². The molecule has 0 spiro atoms. The van der Waals surface area contributed by atoms with Crippen LogP contribution in [0.25, 0.3) is 22.2 Å². The second-order valence-corrected chi connectivity index (χ2v) is 18.7. The molecule has 1 aromatic carbocycles. The lowest BCUT2D eigenvalue weighted by Gasteiger charge is -2.37. The van der Waals surface area contributed by atoms with E-state index in [-0.39, 0.29) is 48.4 Å². The van der Waals surface area contributed by atoms with Crippen molar-refractivity contribution in [2.75, 3.05) is 26.9 Å². The van der Waals surface area contributed by atoms with Gasteiger partial charge in [-0.3, -0.25) is 29.4 Å². The third-order valence-electron chi connectivity index (χ3n) is 12.6. The summed E-state index contributed by atoms with van der Waals surface area (Å²) in [4.78, 5) is 57.3. The lowest BCUT2D eigenvalue weighted by molar-refractivity contribution is -0.156. The fourth-order valence-corrected chi connectivity index (χ4v) is 10.6. The number of pyridine rings is 1. The number of nitrogens with zero attached hydrogens (tertiary/aromatic N) is 5. The second-order valence-electron chi connectivity index (χ2n) is 17.3. The van der Waals surface area contributed by atoms with Crippen molar-refractivity contribution in [2.24, 2.45) is 22.2 Å². The Balaban J connectivity index is 1.25. The van der Waals surface area contributed by atoms with E-state index < -0.39 is 41.4 Å². The normalized spacial score (nSPS) is 28.5. The Morgan fingerprint density at radius 1 is 1.17 bits per heavy atom. The van der Waals surface area contributed by atoms with Crippen LogP contribution in [0.5, 0.6) is 0 Å². The van der Waals surface area contributed by atoms with E-state index in [1.54, 1.807) is 31.3 Å². The summed E-state index contributed by atoms with van der Waals surface area (Å²) < 4.78 is 26.0. The largest absolute Gasteiger partial charge is 0.464 e. The van der Waals surface area contributed by atoms with Gasteiger partial charge < -0.3 is 28.5 Å². The number of oxazole rings is 1. The van der Waals surface area contributed by atoms with Gasteiger partial charge in [-0.15, -0.1) is 11.8 Å². The third-order valence-corrected chi connectivity index (χ3v) is 13.8. The number of amides is 2. The lowest BCUT2D eigenvalue weighted by atomic mass is 9.84. The van der Waals surface area contributed by atoms with Crippen LogP contribution in [0.3, 0.4) is 0 Å². The molecule has 60 heavy (non-hydrogen) atoms. The van der Waals surface area contributed by atoms with Gasteiger partial charge in [0.15, 0.2) is 6.39 Å². The fourth-order valence-electron chi connectivity index (χ4n) is 9.40. The van der Waals surface area contributed by atoms with E-state index in [4.69, 9.17) is 28.6 Å². The number of cyclic esters (lactones) is 1. The van der Waals surface area contributed by atoms with E-state index in [9.17, 15) is 14.4 Å². The van der Waals surface area contributed by atoms with Crippen molar-refractivity contribution in [3.05, 3.63) is 71.7 Å². The Morgan fingerprint density at radius 3 is 2.72 bits per heavy atom. The van der Waals surface area contributed by atoms with Gasteiger partial charge in [0.05, 0.1) is 35.8 Å². The number of aromatic nitrogens is 3. The summed E-state index contributed by atoms with van der Waals surface area (Å²) in [5, 5.41) is 6.31. The highest BCUT2D eigenvalue weighted by atomic mass is 32.2. The molecule has 15 heteroatoms. The smallest absolute Gasteiger partial charge is 0.324 e. The molecule has 9 atom stereocenters. The Bertz CT molecular complexity index is 2270. The quantitative estimate of drug-likeness (QED) is 0.176. The van der Waals surface area contributed by atoms with Gasteiger partial charge >= 0.3 is 5.97 Å². The number of fused-ring (bicyclic) bond motifs is 5. The number of esters is 1. The van der Waals surface area contributed by atoms with E-state index in [1.807, 2.05) is 26.8 Å². The van der Waals surface area contributed by atoms with Gasteiger partial charge in [0, 0.05) is 72.0 Å². The van der Waals surface area contributed by atoms with Crippen LogP contribution >= 0.6 is 11.8 Å². The molecular weight excluding hydrogens is 783 g/mol. The first-order valence-electron chi connectivity index (χ1n) is 21.3. The maximum Gasteiger partial charge on any atom is 0.324 e. The van der Waals surface area contributed by atoms with Crippen LogP contribution in [0.4, 0.5) is 0 Å². The van der Waals surface area contributed by atoms with E-state index in [2.05, 4.69) is 72.3 Å². The van der Waals surface area contributed by atoms with Crippen molar-refractivity contribution in [1.29, 1.82) is 0 Å². The second kappa shape index (κ2) is 17.1. The molecular formula is C45H57N7O7S. The molecule has 0 radical (unpaired) electrons. The number of thioether (sulfide) groups is 1. The van der Waals surface area contributed by atoms with Crippen molar-refractivity contribution in [3.63, 3.8) is 0 Å². The van der Waals surface area contributed by atoms with Crippen LogP contribution in [-0.4, -0.2) is 92.7 Å². The predicted molar refractivity (Wildman–Crippen MR) is 229 cm³/mol. The molecule has 6 heterocycles. The molecule has 8 rings (SSSR count). The minimum atomic E-state index is -1.13. The monoisotopic (exact) mass is 839 g/mol. The molecule has 14 nitrogen and oxygen atoms in total. The third kappa shape index (κ3) is 7.89. The number of carbonyl (C=O) groups is 3. The fraction of sp³-hybridized carbons (Fsp3) is 0.556. The highest BCUT2D eigenvalue weighted by Gasteiger charge is 2.55.